The Morgan fingerprint density at radius 3 is 2.54 bits per heavy atom. The maximum absolute atomic E-state index is 12.8. The molecular formula is C27H36N6O3S. The van der Waals surface area contributed by atoms with Gasteiger partial charge in [-0.2, -0.15) is 4.98 Å². The number of nitrogens with one attached hydrogen (secondary N) is 3. The van der Waals surface area contributed by atoms with Crippen LogP contribution in [0.1, 0.15) is 46.0 Å². The zero-order valence-corrected chi connectivity index (χ0v) is 22.0. The van der Waals surface area contributed by atoms with Gasteiger partial charge < -0.3 is 15.4 Å². The van der Waals surface area contributed by atoms with Crippen LogP contribution >= 0.6 is 0 Å². The molecule has 37 heavy (non-hydrogen) atoms. The second-order valence-electron chi connectivity index (χ2n) is 9.84. The van der Waals surface area contributed by atoms with Gasteiger partial charge in [-0.3, -0.25) is 4.90 Å². The van der Waals surface area contributed by atoms with Crippen molar-refractivity contribution in [2.75, 3.05) is 36.8 Å². The van der Waals surface area contributed by atoms with Crippen molar-refractivity contribution in [3.8, 4) is 5.75 Å². The van der Waals surface area contributed by atoms with Gasteiger partial charge in [0, 0.05) is 39.3 Å². The van der Waals surface area contributed by atoms with Crippen molar-refractivity contribution in [1.82, 2.24) is 19.6 Å². The van der Waals surface area contributed by atoms with Crippen molar-refractivity contribution in [3.05, 3.63) is 60.3 Å². The van der Waals surface area contributed by atoms with Crippen molar-refractivity contribution >= 4 is 33.2 Å². The summed E-state index contributed by atoms with van der Waals surface area (Å²) in [6.45, 7) is 2.74. The van der Waals surface area contributed by atoms with Gasteiger partial charge in [-0.15, -0.1) is 0 Å². The number of sulfonamides is 1. The molecule has 3 N–H and O–H groups in total. The third-order valence-electron chi connectivity index (χ3n) is 5.42. The van der Waals surface area contributed by atoms with E-state index in [4.69, 9.17) is 11.6 Å². The molecule has 1 aromatic heterocycles. The topological polar surface area (TPSA) is 108 Å². The second-order valence-corrected chi connectivity index (χ2v) is 11.5. The molecule has 2 heterocycles. The third kappa shape index (κ3) is 7.88. The van der Waals surface area contributed by atoms with E-state index in [2.05, 4.69) is 25.3 Å². The minimum absolute atomic E-state index is 0.0115. The minimum Gasteiger partial charge on any atom is -0.492 e. The van der Waals surface area contributed by atoms with E-state index in [1.165, 1.54) is 18.3 Å². The number of anilines is 4. The molecule has 0 unspecified atom stereocenters. The van der Waals surface area contributed by atoms with Crippen LogP contribution in [-0.4, -0.2) is 55.0 Å². The van der Waals surface area contributed by atoms with Crippen LogP contribution in [0.5, 0.6) is 5.75 Å². The molecule has 1 aliphatic rings. The highest BCUT2D eigenvalue weighted by molar-refractivity contribution is 7.89. The quantitative estimate of drug-likeness (QED) is 0.343. The molecule has 0 atom stereocenters. The van der Waals surface area contributed by atoms with Crippen molar-refractivity contribution in [2.45, 2.75) is 50.9 Å². The molecule has 0 saturated carbocycles. The number of rotatable bonds is 10. The van der Waals surface area contributed by atoms with Crippen molar-refractivity contribution in [3.63, 3.8) is 0 Å². The number of hydrogen-bond donors (Lipinski definition) is 3. The summed E-state index contributed by atoms with van der Waals surface area (Å²) in [7, 11) is -3.82. The predicted octanol–water partition coefficient (Wildman–Crippen LogP) is 4.82. The Morgan fingerprint density at radius 1 is 1.08 bits per heavy atom. The monoisotopic (exact) mass is 529 g/mol. The molecule has 1 saturated heterocycles. The molecular weight excluding hydrogens is 488 g/mol. The zero-order chi connectivity index (χ0) is 30.8. The highest BCUT2D eigenvalue weighted by Crippen LogP contribution is 2.24. The minimum atomic E-state index is -3.82. The second kappa shape index (κ2) is 11.5. The largest absolute Gasteiger partial charge is 0.492 e. The molecule has 3 aromatic rings. The maximum atomic E-state index is 12.8. The average molecular weight is 530 g/mol. The van der Waals surface area contributed by atoms with Crippen molar-refractivity contribution < 1.29 is 20.0 Å². The zero-order valence-electron chi connectivity index (χ0n) is 26.2. The summed E-state index contributed by atoms with van der Waals surface area (Å²) < 4.78 is 74.0. The molecule has 1 fully saturated rings. The summed E-state index contributed by atoms with van der Waals surface area (Å²) in [5, 5.41) is 5.95. The number of aromatic nitrogens is 2. The van der Waals surface area contributed by atoms with E-state index >= 15 is 0 Å². The summed E-state index contributed by atoms with van der Waals surface area (Å²) in [4.78, 5) is 10.6. The first-order valence-corrected chi connectivity index (χ1v) is 13.5. The Bertz CT molecular complexity index is 1490. The molecule has 4 rings (SSSR count). The number of hydrogen-bond acceptors (Lipinski definition) is 8. The lowest BCUT2D eigenvalue weighted by Gasteiger charge is -2.20. The lowest BCUT2D eigenvalue weighted by atomic mass is 10.1. The molecule has 2 aromatic carbocycles. The van der Waals surface area contributed by atoms with Gasteiger partial charge in [0.25, 0.3) is 0 Å². The van der Waals surface area contributed by atoms with Crippen LogP contribution in [0.4, 0.5) is 23.1 Å². The molecule has 0 aliphatic carbocycles. The number of aryl methyl sites for hydroxylation is 1. The van der Waals surface area contributed by atoms with Gasteiger partial charge in [0.15, 0.2) is 0 Å². The van der Waals surface area contributed by atoms with E-state index in [1.807, 2.05) is 4.90 Å². The molecule has 1 aliphatic heterocycles. The van der Waals surface area contributed by atoms with Gasteiger partial charge in [-0.05, 0) is 96.0 Å². The Hall–Kier alpha value is -3.21. The van der Waals surface area contributed by atoms with Crippen LogP contribution in [0.25, 0.3) is 0 Å². The van der Waals surface area contributed by atoms with Crippen LogP contribution in [0.15, 0.2) is 59.6 Å². The lowest BCUT2D eigenvalue weighted by molar-refractivity contribution is 0.238. The molecule has 0 spiro atoms. The first-order valence-electron chi connectivity index (χ1n) is 14.6. The van der Waals surface area contributed by atoms with Gasteiger partial charge in [0.05, 0.1) is 7.64 Å². The first kappa shape index (κ1) is 20.8. The SMILES string of the molecule is [2H]C([2H])(CN1CCCC1)Oc1ccc(Nc2ncc(C([2H])([2H])[2H])c(Nc3cccc(S(=O)(=O)NC(C)(C)C)c3)n2)cc1. The summed E-state index contributed by atoms with van der Waals surface area (Å²) in [6, 6.07) is 12.6. The Morgan fingerprint density at radius 2 is 1.84 bits per heavy atom. The van der Waals surface area contributed by atoms with E-state index in [1.54, 1.807) is 57.2 Å². The Labute approximate surface area is 226 Å². The summed E-state index contributed by atoms with van der Waals surface area (Å²) in [5.41, 5.74) is 0.0639. The normalized spacial score (nSPS) is 17.2. The standard InChI is InChI=1S/C27H36N6O3S/c1-20-19-28-26(30-21-10-12-23(13-11-21)36-17-16-33-14-5-6-15-33)31-25(20)29-22-8-7-9-24(18-22)37(34,35)32-27(2,3)4/h7-13,18-19,32H,5-6,14-17H2,1-4H3,(H2,28,29,30,31)/i1D3,17D2. The number of ether oxygens (including phenoxy) is 1. The van der Waals surface area contributed by atoms with Crippen LogP contribution in [0.2, 0.25) is 0 Å². The smallest absolute Gasteiger partial charge is 0.241 e. The third-order valence-corrected chi connectivity index (χ3v) is 7.18. The Balaban J connectivity index is 1.51. The van der Waals surface area contributed by atoms with E-state index in [9.17, 15) is 8.42 Å². The predicted molar refractivity (Wildman–Crippen MR) is 147 cm³/mol. The summed E-state index contributed by atoms with van der Waals surface area (Å²) >= 11 is 0. The van der Waals surface area contributed by atoms with Crippen molar-refractivity contribution in [2.24, 2.45) is 0 Å². The summed E-state index contributed by atoms with van der Waals surface area (Å²) in [6.07, 6.45) is 3.31. The fourth-order valence-corrected chi connectivity index (χ4v) is 5.22. The molecule has 0 amide bonds. The van der Waals surface area contributed by atoms with E-state index < -0.39 is 29.0 Å². The number of likely N-dealkylation sites (tertiary alicyclic amines) is 1. The van der Waals surface area contributed by atoms with Gasteiger partial charge in [0.2, 0.25) is 16.0 Å². The van der Waals surface area contributed by atoms with E-state index in [-0.39, 0.29) is 28.8 Å². The summed E-state index contributed by atoms with van der Waals surface area (Å²) in [5.74, 6) is 0.448. The van der Waals surface area contributed by atoms with Crippen LogP contribution in [0, 0.1) is 6.85 Å². The van der Waals surface area contributed by atoms with Crippen LogP contribution < -0.4 is 20.1 Å². The van der Waals surface area contributed by atoms with Crippen LogP contribution in [0.3, 0.4) is 0 Å². The number of benzene rings is 2. The maximum Gasteiger partial charge on any atom is 0.241 e. The molecule has 0 bridgehead atoms. The van der Waals surface area contributed by atoms with E-state index in [0.29, 0.717) is 17.1 Å². The van der Waals surface area contributed by atoms with E-state index in [0.717, 1.165) is 25.9 Å². The molecule has 10 heteroatoms. The first-order chi connectivity index (χ1) is 19.5. The van der Waals surface area contributed by atoms with Gasteiger partial charge >= 0.3 is 0 Å². The van der Waals surface area contributed by atoms with Gasteiger partial charge in [-0.25, -0.2) is 18.1 Å². The van der Waals surface area contributed by atoms with Crippen molar-refractivity contribution in [1.29, 1.82) is 0 Å². The van der Waals surface area contributed by atoms with Crippen LogP contribution in [-0.2, 0) is 10.0 Å². The van der Waals surface area contributed by atoms with Gasteiger partial charge in [0.1, 0.15) is 18.1 Å². The Kier molecular flexibility index (Phi) is 6.44. The lowest BCUT2D eigenvalue weighted by Crippen LogP contribution is -2.40. The highest BCUT2D eigenvalue weighted by atomic mass is 32.2. The molecule has 9 nitrogen and oxygen atoms in total. The fraction of sp³-hybridized carbons (Fsp3) is 0.407. The number of nitrogens with zero attached hydrogens (tertiary/aromatic N) is 3. The molecule has 0 radical (unpaired) electrons. The van der Waals surface area contributed by atoms with Gasteiger partial charge in [-0.1, -0.05) is 6.07 Å². The fourth-order valence-electron chi connectivity index (χ4n) is 3.76. The highest BCUT2D eigenvalue weighted by Gasteiger charge is 2.22. The average Bonchev–Trinajstić information content (AvgIpc) is 3.35. The molecule has 198 valence electrons.